The van der Waals surface area contributed by atoms with Crippen molar-refractivity contribution < 1.29 is 0 Å². The first-order valence-corrected chi connectivity index (χ1v) is 15.2. The number of fused-ring (bicyclic) bond motifs is 3. The van der Waals surface area contributed by atoms with Gasteiger partial charge < -0.3 is 4.98 Å². The van der Waals surface area contributed by atoms with Crippen molar-refractivity contribution in [3.8, 4) is 22.3 Å². The van der Waals surface area contributed by atoms with Gasteiger partial charge in [0.05, 0.1) is 0 Å². The second kappa shape index (κ2) is 11.0. The van der Waals surface area contributed by atoms with Gasteiger partial charge in [-0.1, -0.05) is 102 Å². The number of H-pyrrole nitrogens is 1. The highest BCUT2D eigenvalue weighted by Crippen LogP contribution is 2.38. The van der Waals surface area contributed by atoms with Gasteiger partial charge in [0.1, 0.15) is 0 Å². The standard InChI is InChI=1S/C38H45N/c1-7-37(8-2,9-3)31-19-13-27(14-20-31)29-17-23-35-33(25-29)34-26-30(18-24-36(34)39-35)28-15-21-32(22-16-28)38(10-4,11-5)12-6/h13-26,39H,7-12H2,1-6H3. The smallest absolute Gasteiger partial charge is 0.0465 e. The maximum atomic E-state index is 3.64. The Morgan fingerprint density at radius 2 is 0.718 bits per heavy atom. The summed E-state index contributed by atoms with van der Waals surface area (Å²) < 4.78 is 0. The Hall–Kier alpha value is -3.32. The fourth-order valence-corrected chi connectivity index (χ4v) is 7.01. The summed E-state index contributed by atoms with van der Waals surface area (Å²) in [6.07, 6.45) is 7.10. The summed E-state index contributed by atoms with van der Waals surface area (Å²) in [5, 5.41) is 2.58. The zero-order chi connectivity index (χ0) is 27.6. The van der Waals surface area contributed by atoms with Gasteiger partial charge in [0, 0.05) is 21.8 Å². The van der Waals surface area contributed by atoms with Crippen molar-refractivity contribution in [3.63, 3.8) is 0 Å². The normalized spacial score (nSPS) is 12.5. The van der Waals surface area contributed by atoms with E-state index in [1.165, 1.54) is 93.7 Å². The maximum absolute atomic E-state index is 3.64. The lowest BCUT2D eigenvalue weighted by Gasteiger charge is -2.31. The van der Waals surface area contributed by atoms with Crippen molar-refractivity contribution in [2.75, 3.05) is 0 Å². The van der Waals surface area contributed by atoms with Gasteiger partial charge in [-0.25, -0.2) is 0 Å². The van der Waals surface area contributed by atoms with Crippen molar-refractivity contribution in [1.82, 2.24) is 4.98 Å². The van der Waals surface area contributed by atoms with Crippen LogP contribution in [-0.4, -0.2) is 4.98 Å². The summed E-state index contributed by atoms with van der Waals surface area (Å²) in [6, 6.07) is 32.4. The molecule has 0 unspecified atom stereocenters. The van der Waals surface area contributed by atoms with E-state index in [4.69, 9.17) is 0 Å². The zero-order valence-electron chi connectivity index (χ0n) is 24.8. The highest BCUT2D eigenvalue weighted by atomic mass is 14.7. The molecule has 0 aliphatic heterocycles. The summed E-state index contributed by atoms with van der Waals surface area (Å²) >= 11 is 0. The van der Waals surface area contributed by atoms with E-state index in [1.54, 1.807) is 0 Å². The molecule has 1 heteroatoms. The third kappa shape index (κ3) is 4.71. The van der Waals surface area contributed by atoms with Crippen molar-refractivity contribution in [2.45, 2.75) is 90.9 Å². The van der Waals surface area contributed by atoms with Crippen LogP contribution < -0.4 is 0 Å². The SMILES string of the molecule is CCC(CC)(CC)c1ccc(-c2ccc3[nH]c4ccc(-c5ccc(C(CC)(CC)CC)cc5)cc4c3c2)cc1. The van der Waals surface area contributed by atoms with Crippen LogP contribution in [0.1, 0.15) is 91.2 Å². The molecule has 4 aromatic carbocycles. The third-order valence-corrected chi connectivity index (χ3v) is 10.3. The highest BCUT2D eigenvalue weighted by Gasteiger charge is 2.27. The monoisotopic (exact) mass is 515 g/mol. The van der Waals surface area contributed by atoms with Crippen molar-refractivity contribution >= 4 is 21.8 Å². The fraction of sp³-hybridized carbons (Fsp3) is 0.368. The molecule has 1 aromatic heterocycles. The number of hydrogen-bond donors (Lipinski definition) is 1. The Kier molecular flexibility index (Phi) is 7.72. The first-order chi connectivity index (χ1) is 19.0. The molecule has 0 aliphatic rings. The molecule has 1 heterocycles. The summed E-state index contributed by atoms with van der Waals surface area (Å²) in [4.78, 5) is 3.64. The van der Waals surface area contributed by atoms with Crippen LogP contribution in [0.25, 0.3) is 44.1 Å². The molecule has 0 saturated carbocycles. The van der Waals surface area contributed by atoms with Crippen molar-refractivity contribution in [2.24, 2.45) is 0 Å². The summed E-state index contributed by atoms with van der Waals surface area (Å²) in [7, 11) is 0. The van der Waals surface area contributed by atoms with Gasteiger partial charge in [0.25, 0.3) is 0 Å². The molecule has 0 amide bonds. The van der Waals surface area contributed by atoms with E-state index in [0.29, 0.717) is 10.8 Å². The van der Waals surface area contributed by atoms with Crippen LogP contribution in [0.4, 0.5) is 0 Å². The minimum absolute atomic E-state index is 0.291. The van der Waals surface area contributed by atoms with Gasteiger partial charge in [-0.2, -0.15) is 0 Å². The largest absolute Gasteiger partial charge is 0.355 e. The lowest BCUT2D eigenvalue weighted by molar-refractivity contribution is 0.382. The molecule has 202 valence electrons. The average molecular weight is 516 g/mol. The van der Waals surface area contributed by atoms with E-state index < -0.39 is 0 Å². The number of hydrogen-bond acceptors (Lipinski definition) is 0. The van der Waals surface area contributed by atoms with Crippen LogP contribution in [0.2, 0.25) is 0 Å². The highest BCUT2D eigenvalue weighted by molar-refractivity contribution is 6.09. The molecule has 0 bridgehead atoms. The molecule has 1 N–H and O–H groups in total. The number of aromatic amines is 1. The average Bonchev–Trinajstić information content (AvgIpc) is 3.37. The summed E-state index contributed by atoms with van der Waals surface area (Å²) in [5.74, 6) is 0. The van der Waals surface area contributed by atoms with Gasteiger partial charge in [0.15, 0.2) is 0 Å². The third-order valence-electron chi connectivity index (χ3n) is 10.3. The van der Waals surface area contributed by atoms with Gasteiger partial charge in [0.2, 0.25) is 0 Å². The van der Waals surface area contributed by atoms with Crippen LogP contribution in [0, 0.1) is 0 Å². The van der Waals surface area contributed by atoms with Crippen LogP contribution in [0.3, 0.4) is 0 Å². The van der Waals surface area contributed by atoms with E-state index in [2.05, 4.69) is 131 Å². The molecule has 0 saturated heterocycles. The van der Waals surface area contributed by atoms with Gasteiger partial charge >= 0.3 is 0 Å². The first-order valence-electron chi connectivity index (χ1n) is 15.2. The van der Waals surface area contributed by atoms with Crippen molar-refractivity contribution in [3.05, 3.63) is 96.1 Å². The Bertz CT molecular complexity index is 1410. The van der Waals surface area contributed by atoms with Gasteiger partial charge in [-0.05, 0) is 107 Å². The summed E-state index contributed by atoms with van der Waals surface area (Å²) in [6.45, 7) is 13.9. The number of nitrogens with one attached hydrogen (secondary N) is 1. The predicted octanol–water partition coefficient (Wildman–Crippen LogP) is 11.6. The molecule has 0 fully saturated rings. The molecule has 39 heavy (non-hydrogen) atoms. The van der Waals surface area contributed by atoms with Gasteiger partial charge in [-0.3, -0.25) is 0 Å². The molecular weight excluding hydrogens is 470 g/mol. The lowest BCUT2D eigenvalue weighted by atomic mass is 9.73. The molecule has 0 atom stereocenters. The molecule has 5 rings (SSSR count). The second-order valence-corrected chi connectivity index (χ2v) is 11.5. The molecule has 0 aliphatic carbocycles. The Morgan fingerprint density at radius 3 is 1.03 bits per heavy atom. The topological polar surface area (TPSA) is 15.8 Å². The first kappa shape index (κ1) is 27.3. The fourth-order valence-electron chi connectivity index (χ4n) is 7.01. The quantitative estimate of drug-likeness (QED) is 0.190. The molecule has 0 spiro atoms. The van der Waals surface area contributed by atoms with E-state index >= 15 is 0 Å². The second-order valence-electron chi connectivity index (χ2n) is 11.5. The predicted molar refractivity (Wildman–Crippen MR) is 172 cm³/mol. The lowest BCUT2D eigenvalue weighted by Crippen LogP contribution is -2.23. The molecule has 5 aromatic rings. The minimum Gasteiger partial charge on any atom is -0.355 e. The Balaban J connectivity index is 1.51. The number of benzene rings is 4. The summed E-state index contributed by atoms with van der Waals surface area (Å²) in [5.41, 5.74) is 11.0. The van der Waals surface area contributed by atoms with Crippen LogP contribution in [-0.2, 0) is 10.8 Å². The van der Waals surface area contributed by atoms with Crippen molar-refractivity contribution in [1.29, 1.82) is 0 Å². The van der Waals surface area contributed by atoms with E-state index in [0.717, 1.165) is 0 Å². The van der Waals surface area contributed by atoms with Crippen LogP contribution >= 0.6 is 0 Å². The Morgan fingerprint density at radius 1 is 0.410 bits per heavy atom. The number of aromatic nitrogens is 1. The van der Waals surface area contributed by atoms with Crippen LogP contribution in [0.15, 0.2) is 84.9 Å². The molecule has 1 nitrogen and oxygen atoms in total. The zero-order valence-corrected chi connectivity index (χ0v) is 24.8. The number of rotatable bonds is 10. The molecule has 0 radical (unpaired) electrons. The van der Waals surface area contributed by atoms with Crippen LogP contribution in [0.5, 0.6) is 0 Å². The minimum atomic E-state index is 0.291. The molecular formula is C38H45N. The Labute approximate surface area is 235 Å². The van der Waals surface area contributed by atoms with E-state index in [-0.39, 0.29) is 0 Å². The van der Waals surface area contributed by atoms with Gasteiger partial charge in [-0.15, -0.1) is 0 Å². The maximum Gasteiger partial charge on any atom is 0.0465 e. The van der Waals surface area contributed by atoms with E-state index in [9.17, 15) is 0 Å². The van der Waals surface area contributed by atoms with E-state index in [1.807, 2.05) is 0 Å².